The van der Waals surface area contributed by atoms with Gasteiger partial charge in [0.15, 0.2) is 5.82 Å². The molecule has 0 radical (unpaired) electrons. The molecule has 2 aromatic heterocycles. The first kappa shape index (κ1) is 13.2. The third kappa shape index (κ3) is 2.60. The van der Waals surface area contributed by atoms with Gasteiger partial charge in [-0.05, 0) is 6.07 Å². The predicted molar refractivity (Wildman–Crippen MR) is 70.3 cm³/mol. The number of hydrogen-bond donors (Lipinski definition) is 1. The lowest BCUT2D eigenvalue weighted by atomic mass is 10.1. The Balaban J connectivity index is 1.83. The summed E-state index contributed by atoms with van der Waals surface area (Å²) >= 11 is 0. The van der Waals surface area contributed by atoms with Crippen molar-refractivity contribution in [2.45, 2.75) is 13.0 Å². The van der Waals surface area contributed by atoms with Crippen molar-refractivity contribution < 1.29 is 14.7 Å². The van der Waals surface area contributed by atoms with Gasteiger partial charge in [-0.15, -0.1) is 0 Å². The van der Waals surface area contributed by atoms with Gasteiger partial charge in [-0.2, -0.15) is 5.10 Å². The van der Waals surface area contributed by atoms with E-state index in [1.165, 1.54) is 22.2 Å². The Hall–Kier alpha value is -2.77. The number of carbonyl (C=O) groups excluding carboxylic acids is 1. The van der Waals surface area contributed by atoms with Gasteiger partial charge in [-0.1, -0.05) is 6.07 Å². The van der Waals surface area contributed by atoms with Crippen LogP contribution in [0.3, 0.4) is 0 Å². The first-order valence-corrected chi connectivity index (χ1v) is 6.44. The van der Waals surface area contributed by atoms with Crippen LogP contribution in [0.2, 0.25) is 0 Å². The van der Waals surface area contributed by atoms with E-state index in [1.807, 2.05) is 6.07 Å². The summed E-state index contributed by atoms with van der Waals surface area (Å²) in [5, 5.41) is 13.0. The molecule has 108 valence electrons. The van der Waals surface area contributed by atoms with Gasteiger partial charge in [-0.25, -0.2) is 14.6 Å². The minimum absolute atomic E-state index is 0.0499. The molecule has 2 aromatic rings. The highest BCUT2D eigenvalue weighted by molar-refractivity contribution is 5.86. The maximum atomic E-state index is 11.9. The standard InChI is InChI=1S/C13H13N5O3/c19-11-4-10(13(20)21)6-17(11)5-9-2-1-3-15-12(9)18-8-14-7-16-18/h1-3,7-8,10H,4-6H2,(H,20,21)/t10-/m0/s1. The molecule has 3 rings (SSSR count). The van der Waals surface area contributed by atoms with Gasteiger partial charge < -0.3 is 10.0 Å². The highest BCUT2D eigenvalue weighted by atomic mass is 16.4. The Morgan fingerprint density at radius 3 is 3.00 bits per heavy atom. The van der Waals surface area contributed by atoms with E-state index in [1.54, 1.807) is 12.3 Å². The molecule has 8 nitrogen and oxygen atoms in total. The van der Waals surface area contributed by atoms with Crippen LogP contribution in [0.25, 0.3) is 5.82 Å². The van der Waals surface area contributed by atoms with Gasteiger partial charge in [0.05, 0.1) is 5.92 Å². The molecule has 0 bridgehead atoms. The molecule has 0 unspecified atom stereocenters. The largest absolute Gasteiger partial charge is 0.481 e. The monoisotopic (exact) mass is 287 g/mol. The summed E-state index contributed by atoms with van der Waals surface area (Å²) in [6.45, 7) is 0.533. The molecule has 0 aromatic carbocycles. The van der Waals surface area contributed by atoms with E-state index >= 15 is 0 Å². The fourth-order valence-corrected chi connectivity index (χ4v) is 2.37. The SMILES string of the molecule is O=C(O)[C@H]1CC(=O)N(Cc2cccnc2-n2cncn2)C1. The van der Waals surface area contributed by atoms with Crippen LogP contribution >= 0.6 is 0 Å². The number of carbonyl (C=O) groups is 2. The van der Waals surface area contributed by atoms with Crippen molar-refractivity contribution in [2.24, 2.45) is 5.92 Å². The molecular formula is C13H13N5O3. The molecule has 3 heterocycles. The van der Waals surface area contributed by atoms with E-state index in [0.717, 1.165) is 5.56 Å². The van der Waals surface area contributed by atoms with Crippen molar-refractivity contribution in [3.8, 4) is 5.82 Å². The van der Waals surface area contributed by atoms with Crippen molar-refractivity contribution in [3.05, 3.63) is 36.5 Å². The number of hydrogen-bond acceptors (Lipinski definition) is 5. The van der Waals surface area contributed by atoms with Crippen molar-refractivity contribution in [3.63, 3.8) is 0 Å². The van der Waals surface area contributed by atoms with Crippen molar-refractivity contribution in [1.82, 2.24) is 24.6 Å². The number of nitrogens with zero attached hydrogens (tertiary/aromatic N) is 5. The predicted octanol–water partition coefficient (Wildman–Crippen LogP) is 0.0954. The molecule has 0 saturated carbocycles. The lowest BCUT2D eigenvalue weighted by Gasteiger charge is -2.17. The topological polar surface area (TPSA) is 101 Å². The lowest BCUT2D eigenvalue weighted by Crippen LogP contribution is -2.26. The average molecular weight is 287 g/mol. The van der Waals surface area contributed by atoms with Gasteiger partial charge in [0.25, 0.3) is 0 Å². The zero-order chi connectivity index (χ0) is 14.8. The third-order valence-electron chi connectivity index (χ3n) is 3.43. The second kappa shape index (κ2) is 5.31. The summed E-state index contributed by atoms with van der Waals surface area (Å²) in [4.78, 5) is 32.5. The number of rotatable bonds is 4. The number of aliphatic carboxylic acids is 1. The highest BCUT2D eigenvalue weighted by Crippen LogP contribution is 2.22. The quantitative estimate of drug-likeness (QED) is 0.855. The van der Waals surface area contributed by atoms with Crippen LogP contribution in [0.1, 0.15) is 12.0 Å². The van der Waals surface area contributed by atoms with Crippen molar-refractivity contribution >= 4 is 11.9 Å². The smallest absolute Gasteiger partial charge is 0.308 e. The van der Waals surface area contributed by atoms with E-state index < -0.39 is 11.9 Å². The van der Waals surface area contributed by atoms with Crippen LogP contribution in [0.15, 0.2) is 31.0 Å². The Morgan fingerprint density at radius 2 is 2.33 bits per heavy atom. The van der Waals surface area contributed by atoms with E-state index in [2.05, 4.69) is 15.1 Å². The summed E-state index contributed by atoms with van der Waals surface area (Å²) in [5.41, 5.74) is 0.794. The van der Waals surface area contributed by atoms with Crippen LogP contribution in [-0.2, 0) is 16.1 Å². The Bertz CT molecular complexity index is 670. The fourth-order valence-electron chi connectivity index (χ4n) is 2.37. The fraction of sp³-hybridized carbons (Fsp3) is 0.308. The molecule has 1 atom stereocenters. The minimum atomic E-state index is -0.937. The highest BCUT2D eigenvalue weighted by Gasteiger charge is 2.34. The van der Waals surface area contributed by atoms with E-state index in [9.17, 15) is 9.59 Å². The average Bonchev–Trinajstić information content (AvgIpc) is 3.10. The summed E-state index contributed by atoms with van der Waals surface area (Å²) in [5.74, 6) is -1.14. The molecule has 1 saturated heterocycles. The maximum Gasteiger partial charge on any atom is 0.308 e. The van der Waals surface area contributed by atoms with E-state index in [4.69, 9.17) is 5.11 Å². The van der Waals surface area contributed by atoms with Crippen LogP contribution in [0.4, 0.5) is 0 Å². The summed E-state index contributed by atoms with van der Waals surface area (Å²) in [6, 6.07) is 3.61. The van der Waals surface area contributed by atoms with Crippen LogP contribution in [0.5, 0.6) is 0 Å². The zero-order valence-corrected chi connectivity index (χ0v) is 11.1. The Labute approximate surface area is 120 Å². The number of amides is 1. The second-order valence-corrected chi connectivity index (χ2v) is 4.84. The number of likely N-dealkylation sites (tertiary alicyclic amines) is 1. The first-order chi connectivity index (χ1) is 10.1. The minimum Gasteiger partial charge on any atom is -0.481 e. The third-order valence-corrected chi connectivity index (χ3v) is 3.43. The number of carboxylic acids is 1. The van der Waals surface area contributed by atoms with Gasteiger partial charge in [-0.3, -0.25) is 9.59 Å². The number of pyridine rings is 1. The van der Waals surface area contributed by atoms with Crippen molar-refractivity contribution in [1.29, 1.82) is 0 Å². The van der Waals surface area contributed by atoms with E-state index in [0.29, 0.717) is 12.4 Å². The van der Waals surface area contributed by atoms with Crippen LogP contribution in [-0.4, -0.2) is 48.2 Å². The molecule has 1 aliphatic rings. The molecule has 1 amide bonds. The number of aromatic nitrogens is 4. The summed E-state index contributed by atoms with van der Waals surface area (Å²) in [7, 11) is 0. The zero-order valence-electron chi connectivity index (χ0n) is 11.1. The van der Waals surface area contributed by atoms with Gasteiger partial charge in [0.2, 0.25) is 5.91 Å². The second-order valence-electron chi connectivity index (χ2n) is 4.84. The molecule has 1 fully saturated rings. The van der Waals surface area contributed by atoms with Gasteiger partial charge >= 0.3 is 5.97 Å². The van der Waals surface area contributed by atoms with Gasteiger partial charge in [0, 0.05) is 31.3 Å². The molecule has 0 aliphatic carbocycles. The molecule has 1 aliphatic heterocycles. The first-order valence-electron chi connectivity index (χ1n) is 6.44. The molecule has 1 N–H and O–H groups in total. The Morgan fingerprint density at radius 1 is 1.48 bits per heavy atom. The van der Waals surface area contributed by atoms with Crippen LogP contribution in [0, 0.1) is 5.92 Å². The lowest BCUT2D eigenvalue weighted by molar-refractivity contribution is -0.141. The van der Waals surface area contributed by atoms with Gasteiger partial charge in [0.1, 0.15) is 12.7 Å². The summed E-state index contributed by atoms with van der Waals surface area (Å²) < 4.78 is 1.52. The number of carboxylic acid groups (broad SMARTS) is 1. The summed E-state index contributed by atoms with van der Waals surface area (Å²) in [6.07, 6.45) is 4.61. The normalized spacial score (nSPS) is 18.2. The molecule has 21 heavy (non-hydrogen) atoms. The Kier molecular flexibility index (Phi) is 3.35. The molecule has 8 heteroatoms. The van der Waals surface area contributed by atoms with E-state index in [-0.39, 0.29) is 18.9 Å². The molecular weight excluding hydrogens is 274 g/mol. The maximum absolute atomic E-state index is 11.9. The van der Waals surface area contributed by atoms with Crippen molar-refractivity contribution in [2.75, 3.05) is 6.54 Å². The van der Waals surface area contributed by atoms with Crippen LogP contribution < -0.4 is 0 Å². The molecule has 0 spiro atoms.